The Hall–Kier alpha value is -2.77. The Kier molecular flexibility index (Phi) is 6.34. The molecule has 6 nitrogen and oxygen atoms in total. The highest BCUT2D eigenvalue weighted by Gasteiger charge is 2.32. The van der Waals surface area contributed by atoms with Crippen LogP contribution in [0.2, 0.25) is 0 Å². The number of benzene rings is 2. The number of hydrazone groups is 1. The first-order valence-electron chi connectivity index (χ1n) is 10.8. The van der Waals surface area contributed by atoms with Gasteiger partial charge < -0.3 is 15.3 Å². The number of aliphatic hydroxyl groups is 1. The minimum Gasteiger partial charge on any atom is -0.368 e. The molecule has 31 heavy (non-hydrogen) atoms. The number of hydrogen-bond donors (Lipinski definition) is 3. The number of fused-ring (bicyclic) bond motifs is 1. The van der Waals surface area contributed by atoms with Crippen LogP contribution < -0.4 is 10.7 Å². The Morgan fingerprint density at radius 2 is 2.06 bits per heavy atom. The molecule has 0 bridgehead atoms. The fourth-order valence-corrected chi connectivity index (χ4v) is 3.96. The van der Waals surface area contributed by atoms with E-state index in [0.29, 0.717) is 25.4 Å². The van der Waals surface area contributed by atoms with Crippen molar-refractivity contribution < 1.29 is 14.3 Å². The topological polar surface area (TPSA) is 77.0 Å². The van der Waals surface area contributed by atoms with Gasteiger partial charge in [-0.05, 0) is 36.6 Å². The number of carbonyl (C=O) groups is 1. The maximum atomic E-state index is 14.5. The number of likely N-dealkylation sites (tertiary alicyclic amines) is 1. The zero-order valence-electron chi connectivity index (χ0n) is 17.9. The Bertz CT molecular complexity index is 985. The normalized spacial score (nSPS) is 18.3. The summed E-state index contributed by atoms with van der Waals surface area (Å²) in [7, 11) is 0. The molecule has 2 aliphatic heterocycles. The second-order valence-electron chi connectivity index (χ2n) is 8.71. The number of rotatable bonds is 7. The lowest BCUT2D eigenvalue weighted by Crippen LogP contribution is -2.60. The largest absolute Gasteiger partial charge is 0.368 e. The molecule has 1 saturated heterocycles. The summed E-state index contributed by atoms with van der Waals surface area (Å²) in [6.07, 6.45) is 0.676. The zero-order valence-corrected chi connectivity index (χ0v) is 17.9. The third-order valence-electron chi connectivity index (χ3n) is 5.84. The van der Waals surface area contributed by atoms with Gasteiger partial charge in [0, 0.05) is 36.7 Å². The van der Waals surface area contributed by atoms with Gasteiger partial charge in [-0.1, -0.05) is 44.2 Å². The van der Waals surface area contributed by atoms with Crippen molar-refractivity contribution in [3.8, 4) is 0 Å². The summed E-state index contributed by atoms with van der Waals surface area (Å²) in [6, 6.07) is 12.4. The summed E-state index contributed by atoms with van der Waals surface area (Å²) in [5, 5.41) is 17.8. The second-order valence-corrected chi connectivity index (χ2v) is 8.71. The smallest absolute Gasteiger partial charge is 0.256 e. The van der Waals surface area contributed by atoms with Gasteiger partial charge in [-0.25, -0.2) is 4.39 Å². The molecule has 1 unspecified atom stereocenters. The van der Waals surface area contributed by atoms with Crippen LogP contribution in [0.3, 0.4) is 0 Å². The molecule has 2 heterocycles. The first kappa shape index (κ1) is 21.5. The van der Waals surface area contributed by atoms with E-state index in [2.05, 4.69) is 29.7 Å². The number of amides is 1. The Morgan fingerprint density at radius 1 is 1.29 bits per heavy atom. The molecule has 1 fully saturated rings. The number of aliphatic hydroxyl groups excluding tert-OH is 1. The summed E-state index contributed by atoms with van der Waals surface area (Å²) in [4.78, 5) is 14.5. The molecule has 0 aliphatic carbocycles. The quantitative estimate of drug-likeness (QED) is 0.639. The van der Waals surface area contributed by atoms with Crippen molar-refractivity contribution in [3.05, 3.63) is 70.5 Å². The molecule has 2 aromatic rings. The number of hydrogen-bond acceptors (Lipinski definition) is 5. The maximum Gasteiger partial charge on any atom is 0.256 e. The van der Waals surface area contributed by atoms with E-state index in [1.165, 1.54) is 6.07 Å². The second kappa shape index (κ2) is 9.16. The summed E-state index contributed by atoms with van der Waals surface area (Å²) in [5.74, 6) is -0.147. The van der Waals surface area contributed by atoms with E-state index in [4.69, 9.17) is 0 Å². The van der Waals surface area contributed by atoms with Gasteiger partial charge in [0.25, 0.3) is 5.91 Å². The Labute approximate surface area is 182 Å². The summed E-state index contributed by atoms with van der Waals surface area (Å²) in [5.41, 5.74) is 5.94. The lowest BCUT2D eigenvalue weighted by molar-refractivity contribution is 0.0561. The van der Waals surface area contributed by atoms with E-state index in [0.717, 1.165) is 35.4 Å². The Balaban J connectivity index is 1.42. The highest BCUT2D eigenvalue weighted by Crippen LogP contribution is 2.24. The van der Waals surface area contributed by atoms with Crippen molar-refractivity contribution in [1.29, 1.82) is 0 Å². The van der Waals surface area contributed by atoms with Crippen molar-refractivity contribution in [2.45, 2.75) is 39.0 Å². The van der Waals surface area contributed by atoms with Crippen LogP contribution in [-0.2, 0) is 6.42 Å². The van der Waals surface area contributed by atoms with Crippen LogP contribution in [0.1, 0.15) is 53.5 Å². The van der Waals surface area contributed by atoms with Gasteiger partial charge in [-0.15, -0.1) is 0 Å². The Morgan fingerprint density at radius 3 is 2.84 bits per heavy atom. The summed E-state index contributed by atoms with van der Waals surface area (Å²) < 4.78 is 14.5. The molecule has 1 amide bonds. The van der Waals surface area contributed by atoms with Crippen molar-refractivity contribution >= 4 is 11.6 Å². The van der Waals surface area contributed by atoms with Crippen LogP contribution in [-0.4, -0.2) is 47.3 Å². The molecule has 1 atom stereocenters. The molecule has 2 aromatic carbocycles. The molecule has 3 N–H and O–H groups in total. The molecule has 7 heteroatoms. The third kappa shape index (κ3) is 4.78. The molecule has 0 spiro atoms. The van der Waals surface area contributed by atoms with Crippen LogP contribution >= 0.6 is 0 Å². The van der Waals surface area contributed by atoms with Gasteiger partial charge in [0.2, 0.25) is 0 Å². The SMILES string of the molecule is CC(C)CCNC1CN(C(=O)c2cc(CC3=NNC(O)c4ccccc43)ccc2F)C1. The minimum atomic E-state index is -0.848. The maximum absolute atomic E-state index is 14.5. The molecule has 4 rings (SSSR count). The first-order chi connectivity index (χ1) is 14.9. The van der Waals surface area contributed by atoms with Gasteiger partial charge in [0.15, 0.2) is 6.23 Å². The van der Waals surface area contributed by atoms with E-state index >= 15 is 0 Å². The summed E-state index contributed by atoms with van der Waals surface area (Å²) in [6.45, 7) is 6.50. The molecule has 0 aromatic heterocycles. The van der Waals surface area contributed by atoms with Gasteiger partial charge in [-0.2, -0.15) is 5.10 Å². The minimum absolute atomic E-state index is 0.0934. The van der Waals surface area contributed by atoms with E-state index in [1.807, 2.05) is 24.3 Å². The average molecular weight is 425 g/mol. The van der Waals surface area contributed by atoms with Crippen LogP contribution in [0.15, 0.2) is 47.6 Å². The molecular weight excluding hydrogens is 395 g/mol. The number of carbonyl (C=O) groups excluding carboxylic acids is 1. The van der Waals surface area contributed by atoms with Crippen LogP contribution in [0.5, 0.6) is 0 Å². The highest BCUT2D eigenvalue weighted by atomic mass is 19.1. The number of nitrogens with one attached hydrogen (secondary N) is 2. The van der Waals surface area contributed by atoms with E-state index in [1.54, 1.807) is 17.0 Å². The van der Waals surface area contributed by atoms with E-state index in [-0.39, 0.29) is 17.5 Å². The average Bonchev–Trinajstić information content (AvgIpc) is 2.72. The standard InChI is InChI=1S/C24H29FN4O2/c1-15(2)9-10-26-17-13-29(14-17)24(31)20-11-16(7-8-21(20)25)12-22-18-5-3-4-6-19(18)23(30)28-27-22/h3-8,11,15,17,23,26,28,30H,9-10,12-14H2,1-2H3. The van der Waals surface area contributed by atoms with Crippen molar-refractivity contribution in [2.75, 3.05) is 19.6 Å². The van der Waals surface area contributed by atoms with Crippen molar-refractivity contribution in [1.82, 2.24) is 15.6 Å². The lowest BCUT2D eigenvalue weighted by Gasteiger charge is -2.40. The number of nitrogens with zero attached hydrogens (tertiary/aromatic N) is 2. The molecule has 0 saturated carbocycles. The van der Waals surface area contributed by atoms with Gasteiger partial charge in [-0.3, -0.25) is 10.2 Å². The lowest BCUT2D eigenvalue weighted by atomic mass is 9.95. The van der Waals surface area contributed by atoms with E-state index in [9.17, 15) is 14.3 Å². The third-order valence-corrected chi connectivity index (χ3v) is 5.84. The van der Waals surface area contributed by atoms with Gasteiger partial charge in [0.1, 0.15) is 5.82 Å². The predicted octanol–water partition coefficient (Wildman–Crippen LogP) is 2.83. The highest BCUT2D eigenvalue weighted by molar-refractivity contribution is 6.04. The van der Waals surface area contributed by atoms with Gasteiger partial charge >= 0.3 is 0 Å². The monoisotopic (exact) mass is 424 g/mol. The summed E-state index contributed by atoms with van der Waals surface area (Å²) >= 11 is 0. The van der Waals surface area contributed by atoms with Crippen molar-refractivity contribution in [2.24, 2.45) is 11.0 Å². The first-order valence-corrected chi connectivity index (χ1v) is 10.8. The van der Waals surface area contributed by atoms with Gasteiger partial charge in [0.05, 0.1) is 11.3 Å². The number of halogens is 1. The fourth-order valence-electron chi connectivity index (χ4n) is 3.96. The van der Waals surface area contributed by atoms with Crippen LogP contribution in [0.4, 0.5) is 4.39 Å². The fraction of sp³-hybridized carbons (Fsp3) is 0.417. The molecule has 164 valence electrons. The molecular formula is C24H29FN4O2. The molecule has 0 radical (unpaired) electrons. The molecule has 2 aliphatic rings. The van der Waals surface area contributed by atoms with Crippen molar-refractivity contribution in [3.63, 3.8) is 0 Å². The predicted molar refractivity (Wildman–Crippen MR) is 118 cm³/mol. The van der Waals surface area contributed by atoms with Crippen LogP contribution in [0, 0.1) is 11.7 Å². The van der Waals surface area contributed by atoms with Crippen LogP contribution in [0.25, 0.3) is 0 Å². The zero-order chi connectivity index (χ0) is 22.0. The van der Waals surface area contributed by atoms with E-state index < -0.39 is 12.0 Å².